The smallest absolute Gasteiger partial charge is 0.325 e. The molecule has 116 valence electrons. The average Bonchev–Trinajstić information content (AvgIpc) is 3.08. The number of methoxy groups -OCH3 is 1. The molecule has 2 heterocycles. The number of benzene rings is 1. The highest BCUT2D eigenvalue weighted by Crippen LogP contribution is 2.34. The van der Waals surface area contributed by atoms with Crippen LogP contribution in [0.5, 0.6) is 5.75 Å². The molecule has 0 radical (unpaired) electrons. The van der Waals surface area contributed by atoms with Gasteiger partial charge in [-0.1, -0.05) is 0 Å². The number of imide groups is 1. The van der Waals surface area contributed by atoms with Gasteiger partial charge in [-0.2, -0.15) is 11.8 Å². The van der Waals surface area contributed by atoms with E-state index in [0.717, 1.165) is 12.0 Å². The van der Waals surface area contributed by atoms with E-state index in [-0.39, 0.29) is 18.5 Å². The number of hydrogen-bond acceptors (Lipinski definition) is 5. The summed E-state index contributed by atoms with van der Waals surface area (Å²) in [6.07, 6.45) is 1.38. The largest absolute Gasteiger partial charge is 0.496 e. The van der Waals surface area contributed by atoms with Crippen molar-refractivity contribution in [1.29, 1.82) is 0 Å². The summed E-state index contributed by atoms with van der Waals surface area (Å²) in [5.41, 5.74) is 0.365. The number of thioether (sulfide) groups is 1. The van der Waals surface area contributed by atoms with E-state index >= 15 is 0 Å². The maximum absolute atomic E-state index is 12.6. The average molecular weight is 320 g/mol. The second-order valence-corrected chi connectivity index (χ2v) is 6.50. The van der Waals surface area contributed by atoms with Crippen molar-refractivity contribution in [3.05, 3.63) is 29.3 Å². The molecule has 3 rings (SSSR count). The highest BCUT2D eigenvalue weighted by Gasteiger charge is 2.52. The molecule has 22 heavy (non-hydrogen) atoms. The monoisotopic (exact) mass is 320 g/mol. The van der Waals surface area contributed by atoms with Crippen LogP contribution in [0.1, 0.15) is 22.3 Å². The molecule has 0 aliphatic carbocycles. The van der Waals surface area contributed by atoms with Gasteiger partial charge in [0.2, 0.25) is 0 Å². The van der Waals surface area contributed by atoms with E-state index in [1.165, 1.54) is 12.0 Å². The number of urea groups is 1. The lowest BCUT2D eigenvalue weighted by Crippen LogP contribution is -2.46. The van der Waals surface area contributed by atoms with Crippen molar-refractivity contribution < 1.29 is 19.1 Å². The number of hydrogen-bond donors (Lipinski definition) is 1. The standard InChI is InChI=1S/C15H16N2O4S/c1-21-12-3-2-10(8-18)6-11(12)7-17-13(19)15(16-14(17)20)4-5-22-9-15/h2-3,6,8H,4-5,7,9H2,1H3,(H,16,20). The molecule has 1 aromatic rings. The van der Waals surface area contributed by atoms with Gasteiger partial charge in [-0.15, -0.1) is 0 Å². The number of ether oxygens (including phenoxy) is 1. The predicted molar refractivity (Wildman–Crippen MR) is 82.1 cm³/mol. The third-order valence-corrected chi connectivity index (χ3v) is 5.23. The molecule has 3 amide bonds. The van der Waals surface area contributed by atoms with Gasteiger partial charge in [-0.3, -0.25) is 14.5 Å². The van der Waals surface area contributed by atoms with Gasteiger partial charge >= 0.3 is 6.03 Å². The van der Waals surface area contributed by atoms with E-state index < -0.39 is 5.54 Å². The zero-order valence-electron chi connectivity index (χ0n) is 12.1. The van der Waals surface area contributed by atoms with E-state index in [2.05, 4.69) is 5.32 Å². The van der Waals surface area contributed by atoms with Crippen LogP contribution < -0.4 is 10.1 Å². The number of nitrogens with one attached hydrogen (secondary N) is 1. The van der Waals surface area contributed by atoms with Crippen LogP contribution in [-0.2, 0) is 11.3 Å². The first kappa shape index (κ1) is 14.9. The first-order valence-electron chi connectivity index (χ1n) is 6.93. The Kier molecular flexibility index (Phi) is 3.82. The molecule has 1 N–H and O–H groups in total. The lowest BCUT2D eigenvalue weighted by atomic mass is 9.99. The first-order valence-corrected chi connectivity index (χ1v) is 8.09. The van der Waals surface area contributed by atoms with Crippen LogP contribution in [0, 0.1) is 0 Å². The maximum Gasteiger partial charge on any atom is 0.325 e. The summed E-state index contributed by atoms with van der Waals surface area (Å²) in [5.74, 6) is 1.83. The molecule has 7 heteroatoms. The molecule has 2 aliphatic heterocycles. The van der Waals surface area contributed by atoms with Crippen LogP contribution in [0.15, 0.2) is 18.2 Å². The molecule has 6 nitrogen and oxygen atoms in total. The third kappa shape index (κ3) is 2.35. The van der Waals surface area contributed by atoms with Crippen molar-refractivity contribution in [3.8, 4) is 5.75 Å². The number of nitrogens with zero attached hydrogens (tertiary/aromatic N) is 1. The quantitative estimate of drug-likeness (QED) is 0.671. The molecule has 1 atom stereocenters. The van der Waals surface area contributed by atoms with Gasteiger partial charge < -0.3 is 10.1 Å². The molecule has 2 aliphatic rings. The number of rotatable bonds is 4. The van der Waals surface area contributed by atoms with Crippen LogP contribution in [0.25, 0.3) is 0 Å². The molecule has 1 spiro atoms. The van der Waals surface area contributed by atoms with Gasteiger partial charge in [0, 0.05) is 16.9 Å². The Balaban J connectivity index is 1.88. The fourth-order valence-electron chi connectivity index (χ4n) is 2.82. The Morgan fingerprint density at radius 2 is 2.27 bits per heavy atom. The van der Waals surface area contributed by atoms with E-state index in [9.17, 15) is 14.4 Å². The number of carbonyl (C=O) groups is 3. The van der Waals surface area contributed by atoms with Crippen LogP contribution in [-0.4, -0.2) is 47.3 Å². The van der Waals surface area contributed by atoms with E-state index in [0.29, 0.717) is 29.1 Å². The summed E-state index contributed by atoms with van der Waals surface area (Å²) < 4.78 is 5.25. The van der Waals surface area contributed by atoms with E-state index in [1.54, 1.807) is 30.0 Å². The Morgan fingerprint density at radius 3 is 2.91 bits per heavy atom. The number of aldehydes is 1. The second-order valence-electron chi connectivity index (χ2n) is 5.40. The zero-order chi connectivity index (χ0) is 15.7. The summed E-state index contributed by atoms with van der Waals surface area (Å²) in [6.45, 7) is 0.0991. The summed E-state index contributed by atoms with van der Waals surface area (Å²) in [4.78, 5) is 36.9. The molecule has 2 saturated heterocycles. The van der Waals surface area contributed by atoms with Crippen molar-refractivity contribution >= 4 is 30.0 Å². The topological polar surface area (TPSA) is 75.7 Å². The van der Waals surface area contributed by atoms with Crippen molar-refractivity contribution in [2.45, 2.75) is 18.5 Å². The fraction of sp³-hybridized carbons (Fsp3) is 0.400. The van der Waals surface area contributed by atoms with Crippen LogP contribution in [0.3, 0.4) is 0 Å². The fourth-order valence-corrected chi connectivity index (χ4v) is 4.14. The molecular weight excluding hydrogens is 304 g/mol. The van der Waals surface area contributed by atoms with Gasteiger partial charge in [0.05, 0.1) is 13.7 Å². The molecule has 0 aromatic heterocycles. The van der Waals surface area contributed by atoms with Gasteiger partial charge in [-0.25, -0.2) is 4.79 Å². The lowest BCUT2D eigenvalue weighted by Gasteiger charge is -2.20. The van der Waals surface area contributed by atoms with Crippen molar-refractivity contribution in [1.82, 2.24) is 10.2 Å². The minimum absolute atomic E-state index is 0.0991. The highest BCUT2D eigenvalue weighted by atomic mass is 32.2. The van der Waals surface area contributed by atoms with Crippen molar-refractivity contribution in [2.24, 2.45) is 0 Å². The molecule has 0 bridgehead atoms. The van der Waals surface area contributed by atoms with Gasteiger partial charge in [-0.05, 0) is 30.4 Å². The number of amides is 3. The third-order valence-electron chi connectivity index (χ3n) is 4.04. The van der Waals surface area contributed by atoms with Crippen LogP contribution in [0.2, 0.25) is 0 Å². The molecule has 1 unspecified atom stereocenters. The van der Waals surface area contributed by atoms with Crippen LogP contribution >= 0.6 is 11.8 Å². The highest BCUT2D eigenvalue weighted by molar-refractivity contribution is 7.99. The summed E-state index contributed by atoms with van der Waals surface area (Å²) in [6, 6.07) is 4.56. The molecule has 2 fully saturated rings. The number of carbonyl (C=O) groups excluding carboxylic acids is 3. The SMILES string of the molecule is COc1ccc(C=O)cc1CN1C(=O)NC2(CCSC2)C1=O. The molecular formula is C15H16N2O4S. The Hall–Kier alpha value is -2.02. The van der Waals surface area contributed by atoms with Crippen molar-refractivity contribution in [2.75, 3.05) is 18.6 Å². The van der Waals surface area contributed by atoms with Gasteiger partial charge in [0.15, 0.2) is 0 Å². The van der Waals surface area contributed by atoms with E-state index in [4.69, 9.17) is 4.74 Å². The predicted octanol–water partition coefficient (Wildman–Crippen LogP) is 1.44. The maximum atomic E-state index is 12.6. The minimum atomic E-state index is -0.753. The lowest BCUT2D eigenvalue weighted by molar-refractivity contribution is -0.130. The molecule has 0 saturated carbocycles. The first-order chi connectivity index (χ1) is 10.6. The van der Waals surface area contributed by atoms with Gasteiger partial charge in [0.1, 0.15) is 17.6 Å². The second kappa shape index (κ2) is 5.64. The van der Waals surface area contributed by atoms with Gasteiger partial charge in [0.25, 0.3) is 5.91 Å². The zero-order valence-corrected chi connectivity index (χ0v) is 12.9. The summed E-state index contributed by atoms with van der Waals surface area (Å²) in [7, 11) is 1.51. The summed E-state index contributed by atoms with van der Waals surface area (Å²) >= 11 is 1.66. The summed E-state index contributed by atoms with van der Waals surface area (Å²) in [5, 5.41) is 2.82. The Labute approximate surface area is 132 Å². The normalized spacial score (nSPS) is 24.0. The molecule has 1 aromatic carbocycles. The Bertz CT molecular complexity index is 640. The minimum Gasteiger partial charge on any atom is -0.496 e. The van der Waals surface area contributed by atoms with Crippen LogP contribution in [0.4, 0.5) is 4.79 Å². The van der Waals surface area contributed by atoms with Crippen molar-refractivity contribution in [3.63, 3.8) is 0 Å². The Morgan fingerprint density at radius 1 is 1.45 bits per heavy atom. The van der Waals surface area contributed by atoms with E-state index in [1.807, 2.05) is 0 Å².